The SMILES string of the molecule is C=CCOc1ccccc1C[NH+](CC)CC[NH+](CC)CC. The van der Waals surface area contributed by atoms with E-state index in [1.165, 1.54) is 31.7 Å². The summed E-state index contributed by atoms with van der Waals surface area (Å²) >= 11 is 0. The smallest absolute Gasteiger partial charge is 0.128 e. The quantitative estimate of drug-likeness (QED) is 0.571. The van der Waals surface area contributed by atoms with E-state index in [-0.39, 0.29) is 0 Å². The molecule has 0 saturated carbocycles. The van der Waals surface area contributed by atoms with Gasteiger partial charge in [-0.3, -0.25) is 0 Å². The van der Waals surface area contributed by atoms with Crippen molar-refractivity contribution in [2.75, 3.05) is 39.3 Å². The Morgan fingerprint density at radius 3 is 2.24 bits per heavy atom. The lowest BCUT2D eigenvalue weighted by Crippen LogP contribution is -3.19. The van der Waals surface area contributed by atoms with E-state index in [0.29, 0.717) is 6.61 Å². The highest BCUT2D eigenvalue weighted by molar-refractivity contribution is 5.32. The molecular weight excluding hydrogens is 260 g/mol. The van der Waals surface area contributed by atoms with Crippen LogP contribution >= 0.6 is 0 Å². The largest absolute Gasteiger partial charge is 0.489 e. The molecule has 1 aromatic rings. The fourth-order valence-corrected chi connectivity index (χ4v) is 2.56. The summed E-state index contributed by atoms with van der Waals surface area (Å²) in [5.74, 6) is 0.999. The van der Waals surface area contributed by atoms with Crippen molar-refractivity contribution in [1.29, 1.82) is 0 Å². The fourth-order valence-electron chi connectivity index (χ4n) is 2.56. The van der Waals surface area contributed by atoms with Crippen LogP contribution < -0.4 is 14.5 Å². The normalized spacial score (nSPS) is 12.4. The van der Waals surface area contributed by atoms with Crippen molar-refractivity contribution >= 4 is 0 Å². The van der Waals surface area contributed by atoms with Gasteiger partial charge in [0.15, 0.2) is 0 Å². The van der Waals surface area contributed by atoms with Gasteiger partial charge in [-0.25, -0.2) is 0 Å². The standard InChI is InChI=1S/C18H30N2O/c1-5-15-21-18-12-10-9-11-17(18)16-20(8-4)14-13-19(6-2)7-3/h5,9-12H,1,6-8,13-16H2,2-4H3/p+2. The zero-order valence-electron chi connectivity index (χ0n) is 14.0. The number of hydrogen-bond donors (Lipinski definition) is 2. The Hall–Kier alpha value is -1.32. The van der Waals surface area contributed by atoms with Gasteiger partial charge in [0.05, 0.1) is 19.6 Å². The number of nitrogens with one attached hydrogen (secondary N) is 2. The van der Waals surface area contributed by atoms with Crippen molar-refractivity contribution in [2.24, 2.45) is 0 Å². The van der Waals surface area contributed by atoms with Gasteiger partial charge in [-0.05, 0) is 32.9 Å². The van der Waals surface area contributed by atoms with Crippen LogP contribution in [0.5, 0.6) is 5.75 Å². The van der Waals surface area contributed by atoms with E-state index in [2.05, 4.69) is 45.5 Å². The molecule has 1 aromatic carbocycles. The summed E-state index contributed by atoms with van der Waals surface area (Å²) in [6, 6.07) is 8.37. The highest BCUT2D eigenvalue weighted by atomic mass is 16.5. The zero-order chi connectivity index (χ0) is 15.5. The maximum Gasteiger partial charge on any atom is 0.128 e. The van der Waals surface area contributed by atoms with Gasteiger partial charge in [-0.1, -0.05) is 24.8 Å². The van der Waals surface area contributed by atoms with Crippen LogP contribution in [0.15, 0.2) is 36.9 Å². The van der Waals surface area contributed by atoms with Gasteiger partial charge in [0.25, 0.3) is 0 Å². The molecule has 2 N–H and O–H groups in total. The van der Waals surface area contributed by atoms with E-state index < -0.39 is 0 Å². The first kappa shape index (κ1) is 17.7. The third kappa shape index (κ3) is 6.32. The van der Waals surface area contributed by atoms with Crippen molar-refractivity contribution in [3.8, 4) is 5.75 Å². The molecule has 3 nitrogen and oxygen atoms in total. The van der Waals surface area contributed by atoms with Crippen molar-refractivity contribution < 1.29 is 14.5 Å². The van der Waals surface area contributed by atoms with Gasteiger partial charge in [0.1, 0.15) is 32.0 Å². The van der Waals surface area contributed by atoms with Gasteiger partial charge in [-0.15, -0.1) is 0 Å². The number of quaternary nitrogens is 2. The average Bonchev–Trinajstić information content (AvgIpc) is 2.53. The molecule has 1 unspecified atom stereocenters. The molecule has 118 valence electrons. The number of likely N-dealkylation sites (N-methyl/N-ethyl adjacent to an activating group) is 2. The van der Waals surface area contributed by atoms with Crippen LogP contribution in [0.1, 0.15) is 26.3 Å². The van der Waals surface area contributed by atoms with E-state index in [1.54, 1.807) is 15.9 Å². The Kier molecular flexibility index (Phi) is 8.79. The van der Waals surface area contributed by atoms with Crippen molar-refractivity contribution in [3.63, 3.8) is 0 Å². The van der Waals surface area contributed by atoms with E-state index in [0.717, 1.165) is 18.8 Å². The third-order valence-electron chi connectivity index (χ3n) is 4.10. The van der Waals surface area contributed by atoms with Gasteiger partial charge >= 0.3 is 0 Å². The topological polar surface area (TPSA) is 18.1 Å². The van der Waals surface area contributed by atoms with Crippen molar-refractivity contribution in [3.05, 3.63) is 42.5 Å². The summed E-state index contributed by atoms with van der Waals surface area (Å²) in [6.45, 7) is 18.2. The molecule has 0 aliphatic heterocycles. The Morgan fingerprint density at radius 2 is 1.62 bits per heavy atom. The molecule has 0 spiro atoms. The molecule has 0 aliphatic carbocycles. The van der Waals surface area contributed by atoms with Gasteiger partial charge in [0, 0.05) is 5.56 Å². The lowest BCUT2D eigenvalue weighted by atomic mass is 10.2. The van der Waals surface area contributed by atoms with Crippen LogP contribution in [0.25, 0.3) is 0 Å². The van der Waals surface area contributed by atoms with E-state index in [4.69, 9.17) is 4.74 Å². The second kappa shape index (κ2) is 10.4. The third-order valence-corrected chi connectivity index (χ3v) is 4.10. The molecule has 0 heterocycles. The number of hydrogen-bond acceptors (Lipinski definition) is 1. The summed E-state index contributed by atoms with van der Waals surface area (Å²) < 4.78 is 5.76. The van der Waals surface area contributed by atoms with Crippen LogP contribution in [-0.4, -0.2) is 39.3 Å². The molecule has 0 aliphatic rings. The maximum absolute atomic E-state index is 5.76. The highest BCUT2D eigenvalue weighted by Gasteiger charge is 2.13. The Morgan fingerprint density at radius 1 is 1.00 bits per heavy atom. The van der Waals surface area contributed by atoms with Crippen LogP contribution in [-0.2, 0) is 6.54 Å². The molecule has 1 atom stereocenters. The summed E-state index contributed by atoms with van der Waals surface area (Å²) in [5, 5.41) is 0. The number of benzene rings is 1. The minimum Gasteiger partial charge on any atom is -0.489 e. The van der Waals surface area contributed by atoms with Crippen molar-refractivity contribution in [1.82, 2.24) is 0 Å². The molecule has 0 aromatic heterocycles. The van der Waals surface area contributed by atoms with E-state index in [9.17, 15) is 0 Å². The van der Waals surface area contributed by atoms with Crippen LogP contribution in [0, 0.1) is 0 Å². The van der Waals surface area contributed by atoms with Crippen LogP contribution in [0.4, 0.5) is 0 Å². The Balaban J connectivity index is 2.61. The molecule has 1 rings (SSSR count). The summed E-state index contributed by atoms with van der Waals surface area (Å²) in [5.41, 5.74) is 1.30. The molecule has 0 amide bonds. The first-order valence-corrected chi connectivity index (χ1v) is 8.23. The summed E-state index contributed by atoms with van der Waals surface area (Å²) in [7, 11) is 0. The molecule has 3 heteroatoms. The second-order valence-electron chi connectivity index (χ2n) is 5.44. The molecule has 0 radical (unpaired) electrons. The zero-order valence-corrected chi connectivity index (χ0v) is 14.0. The first-order chi connectivity index (χ1) is 10.2. The van der Waals surface area contributed by atoms with Crippen molar-refractivity contribution in [2.45, 2.75) is 27.3 Å². The summed E-state index contributed by atoms with van der Waals surface area (Å²) in [6.07, 6.45) is 1.80. The fraction of sp³-hybridized carbons (Fsp3) is 0.556. The first-order valence-electron chi connectivity index (χ1n) is 8.23. The highest BCUT2D eigenvalue weighted by Crippen LogP contribution is 2.16. The number of rotatable bonds is 11. The summed E-state index contributed by atoms with van der Waals surface area (Å²) in [4.78, 5) is 3.29. The monoisotopic (exact) mass is 292 g/mol. The van der Waals surface area contributed by atoms with Gasteiger partial charge < -0.3 is 14.5 Å². The minimum absolute atomic E-state index is 0.571. The second-order valence-corrected chi connectivity index (χ2v) is 5.44. The van der Waals surface area contributed by atoms with Gasteiger partial charge in [-0.2, -0.15) is 0 Å². The molecular formula is C18H32N2O+2. The number of para-hydroxylation sites is 1. The Bertz CT molecular complexity index is 402. The molecule has 0 saturated heterocycles. The predicted octanol–water partition coefficient (Wildman–Crippen LogP) is 0.581. The van der Waals surface area contributed by atoms with E-state index in [1.807, 2.05) is 6.07 Å². The molecule has 21 heavy (non-hydrogen) atoms. The van der Waals surface area contributed by atoms with Gasteiger partial charge in [0.2, 0.25) is 0 Å². The number of ether oxygens (including phenoxy) is 1. The predicted molar refractivity (Wildman–Crippen MR) is 89.1 cm³/mol. The minimum atomic E-state index is 0.571. The lowest BCUT2D eigenvalue weighted by Gasteiger charge is -2.22. The average molecular weight is 292 g/mol. The maximum atomic E-state index is 5.76. The molecule has 0 bridgehead atoms. The van der Waals surface area contributed by atoms with Crippen LogP contribution in [0.2, 0.25) is 0 Å². The Labute approximate surface area is 130 Å². The van der Waals surface area contributed by atoms with E-state index >= 15 is 0 Å². The molecule has 0 fully saturated rings. The lowest BCUT2D eigenvalue weighted by molar-refractivity contribution is -0.962. The van der Waals surface area contributed by atoms with Crippen LogP contribution in [0.3, 0.4) is 0 Å².